The van der Waals surface area contributed by atoms with Crippen LogP contribution in [0.15, 0.2) is 70.0 Å². The number of pyridine rings is 1. The Hall–Kier alpha value is -5.01. The van der Waals surface area contributed by atoms with Crippen molar-refractivity contribution in [2.75, 3.05) is 28.4 Å². The molecular formula is C30H29NO11S. The molecule has 0 saturated carbocycles. The molecule has 0 fully saturated rings. The van der Waals surface area contributed by atoms with Crippen molar-refractivity contribution >= 4 is 31.9 Å². The van der Waals surface area contributed by atoms with Crippen LogP contribution in [0.25, 0.3) is 21.7 Å². The zero-order chi connectivity index (χ0) is 31.3. The van der Waals surface area contributed by atoms with Gasteiger partial charge in [0, 0.05) is 35.5 Å². The number of phenolic OH excluding ortho intramolecular Hbond substituents is 2. The molecule has 0 amide bonds. The molecule has 0 spiro atoms. The molecule has 3 aromatic carbocycles. The predicted molar refractivity (Wildman–Crippen MR) is 158 cm³/mol. The molecule has 5 aromatic rings. The van der Waals surface area contributed by atoms with E-state index in [1.54, 1.807) is 28.4 Å². The maximum Gasteiger partial charge on any atom is 0.336 e. The fraction of sp³-hybridized carbons (Fsp3) is 0.200. The van der Waals surface area contributed by atoms with Gasteiger partial charge in [-0.25, -0.2) is 4.79 Å². The van der Waals surface area contributed by atoms with E-state index in [1.165, 1.54) is 0 Å². The van der Waals surface area contributed by atoms with Crippen LogP contribution in [0, 0.1) is 0 Å². The van der Waals surface area contributed by atoms with Crippen LogP contribution in [0.2, 0.25) is 0 Å². The van der Waals surface area contributed by atoms with Crippen LogP contribution in [-0.4, -0.2) is 56.6 Å². The van der Waals surface area contributed by atoms with E-state index in [4.69, 9.17) is 27.9 Å². The third-order valence-corrected chi connectivity index (χ3v) is 7.11. The molecule has 2 heterocycles. The topological polar surface area (TPSA) is 175 Å². The Kier molecular flexibility index (Phi) is 9.27. The van der Waals surface area contributed by atoms with Crippen LogP contribution in [0.1, 0.15) is 16.8 Å². The molecule has 0 atom stereocenters. The minimum atomic E-state index is -4.33. The number of aromatic nitrogens is 1. The number of aromatic hydroxyl groups is 2. The summed E-state index contributed by atoms with van der Waals surface area (Å²) in [5, 5.41) is 20.8. The molecule has 43 heavy (non-hydrogen) atoms. The van der Waals surface area contributed by atoms with Crippen LogP contribution in [0.4, 0.5) is 0 Å². The SMILES string of the molecule is COc1ccc(Cc2nccc3cc(OC)c(OC)cc23)cc1OC.O=c1cc(CS(=O)(=O)O)c2cc(O)c(O)cc2o1. The van der Waals surface area contributed by atoms with E-state index in [-0.39, 0.29) is 16.5 Å². The van der Waals surface area contributed by atoms with Gasteiger partial charge in [-0.15, -0.1) is 0 Å². The summed E-state index contributed by atoms with van der Waals surface area (Å²) in [5.74, 6) is 1.03. The van der Waals surface area contributed by atoms with Gasteiger partial charge in [-0.3, -0.25) is 9.54 Å². The molecule has 12 nitrogen and oxygen atoms in total. The number of methoxy groups -OCH3 is 4. The van der Waals surface area contributed by atoms with Crippen molar-refractivity contribution in [2.45, 2.75) is 12.2 Å². The largest absolute Gasteiger partial charge is 0.504 e. The lowest BCUT2D eigenvalue weighted by atomic mass is 10.0. The predicted octanol–water partition coefficient (Wildman–Crippen LogP) is 4.45. The van der Waals surface area contributed by atoms with Crippen molar-refractivity contribution in [3.8, 4) is 34.5 Å². The Balaban J connectivity index is 0.000000208. The number of nitrogens with zero attached hydrogens (tertiary/aromatic N) is 1. The summed E-state index contributed by atoms with van der Waals surface area (Å²) in [6, 6.07) is 14.7. The van der Waals surface area contributed by atoms with Gasteiger partial charge in [0.1, 0.15) is 11.3 Å². The number of hydrogen-bond donors (Lipinski definition) is 3. The zero-order valence-corrected chi connectivity index (χ0v) is 24.5. The third kappa shape index (κ3) is 7.26. The van der Waals surface area contributed by atoms with Gasteiger partial charge in [0.25, 0.3) is 10.1 Å². The quantitative estimate of drug-likeness (QED) is 0.128. The van der Waals surface area contributed by atoms with Crippen molar-refractivity contribution in [1.82, 2.24) is 4.98 Å². The zero-order valence-electron chi connectivity index (χ0n) is 23.7. The summed E-state index contributed by atoms with van der Waals surface area (Å²) in [7, 11) is 2.20. The second kappa shape index (κ2) is 12.9. The second-order valence-corrected chi connectivity index (χ2v) is 10.7. The highest BCUT2D eigenvalue weighted by Gasteiger charge is 2.15. The van der Waals surface area contributed by atoms with Crippen molar-refractivity contribution in [1.29, 1.82) is 0 Å². The van der Waals surface area contributed by atoms with Crippen molar-refractivity contribution in [3.05, 3.63) is 88.0 Å². The molecule has 0 aliphatic heterocycles. The lowest BCUT2D eigenvalue weighted by molar-refractivity contribution is 0.354. The highest BCUT2D eigenvalue weighted by molar-refractivity contribution is 7.85. The van der Waals surface area contributed by atoms with Crippen LogP contribution in [0.5, 0.6) is 34.5 Å². The molecule has 226 valence electrons. The number of ether oxygens (including phenoxy) is 4. The van der Waals surface area contributed by atoms with Gasteiger partial charge in [0.2, 0.25) is 0 Å². The maximum atomic E-state index is 11.2. The molecule has 0 bridgehead atoms. The van der Waals surface area contributed by atoms with Gasteiger partial charge in [-0.1, -0.05) is 6.07 Å². The summed E-state index contributed by atoms with van der Waals surface area (Å²) in [5.41, 5.74) is 1.11. The standard InChI is InChI=1S/C20H21NO4.C10H8O7S/c1-22-17-6-5-13(10-18(17)23-2)9-16-15-12-20(25-4)19(24-3)11-14(15)7-8-21-16;11-7-2-6-5(4-18(14,15)16)1-10(13)17-9(6)3-8(7)12/h5-8,10-12H,9H2,1-4H3;1-3,11-12H,4H2,(H,14,15,16). The highest BCUT2D eigenvalue weighted by Crippen LogP contribution is 2.35. The first-order valence-electron chi connectivity index (χ1n) is 12.6. The Morgan fingerprint density at radius 3 is 2.05 bits per heavy atom. The van der Waals surface area contributed by atoms with E-state index in [9.17, 15) is 23.4 Å². The molecule has 0 saturated heterocycles. The van der Waals surface area contributed by atoms with E-state index in [1.807, 2.05) is 42.6 Å². The lowest BCUT2D eigenvalue weighted by Gasteiger charge is -2.12. The van der Waals surface area contributed by atoms with Crippen molar-refractivity contribution in [3.63, 3.8) is 0 Å². The van der Waals surface area contributed by atoms with Gasteiger partial charge in [-0.05, 0) is 52.9 Å². The Morgan fingerprint density at radius 1 is 0.767 bits per heavy atom. The molecule has 3 N–H and O–H groups in total. The molecule has 13 heteroatoms. The number of fused-ring (bicyclic) bond motifs is 2. The Morgan fingerprint density at radius 2 is 1.40 bits per heavy atom. The highest BCUT2D eigenvalue weighted by atomic mass is 32.2. The molecule has 0 aliphatic rings. The van der Waals surface area contributed by atoms with Gasteiger partial charge < -0.3 is 33.6 Å². The summed E-state index contributed by atoms with van der Waals surface area (Å²) < 4.78 is 56.7. The first kappa shape index (κ1) is 30.9. The van der Waals surface area contributed by atoms with Gasteiger partial charge in [0.15, 0.2) is 34.5 Å². The van der Waals surface area contributed by atoms with Gasteiger partial charge >= 0.3 is 5.63 Å². The second-order valence-electron chi connectivity index (χ2n) is 9.21. The van der Waals surface area contributed by atoms with Crippen LogP contribution in [-0.2, 0) is 22.3 Å². The van der Waals surface area contributed by atoms with E-state index in [0.717, 1.165) is 40.2 Å². The third-order valence-electron chi connectivity index (χ3n) is 6.43. The van der Waals surface area contributed by atoms with Gasteiger partial charge in [-0.2, -0.15) is 8.42 Å². The summed E-state index contributed by atoms with van der Waals surface area (Å²) in [6.07, 6.45) is 2.48. The fourth-order valence-corrected chi connectivity index (χ4v) is 5.08. The Labute approximate surface area is 246 Å². The smallest absolute Gasteiger partial charge is 0.336 e. The lowest BCUT2D eigenvalue weighted by Crippen LogP contribution is -2.06. The van der Waals surface area contributed by atoms with Crippen molar-refractivity contribution in [2.24, 2.45) is 0 Å². The van der Waals surface area contributed by atoms with Crippen molar-refractivity contribution < 1.29 is 46.5 Å². The molecular weight excluding hydrogens is 582 g/mol. The average molecular weight is 612 g/mol. The van der Waals surface area contributed by atoms with E-state index in [0.29, 0.717) is 29.4 Å². The molecule has 0 aliphatic carbocycles. The average Bonchev–Trinajstić information content (AvgIpc) is 2.97. The first-order valence-corrected chi connectivity index (χ1v) is 14.2. The Bertz CT molecular complexity index is 1950. The maximum absolute atomic E-state index is 11.2. The fourth-order valence-electron chi connectivity index (χ4n) is 4.45. The number of hydrogen-bond acceptors (Lipinski definition) is 11. The van der Waals surface area contributed by atoms with Gasteiger partial charge in [0.05, 0.1) is 34.1 Å². The van der Waals surface area contributed by atoms with E-state index in [2.05, 4.69) is 4.98 Å². The molecule has 5 rings (SSSR count). The number of benzene rings is 3. The molecule has 0 radical (unpaired) electrons. The number of phenols is 2. The minimum absolute atomic E-state index is 0.0287. The summed E-state index contributed by atoms with van der Waals surface area (Å²) >= 11 is 0. The monoisotopic (exact) mass is 611 g/mol. The van der Waals surface area contributed by atoms with Crippen LogP contribution < -0.4 is 24.6 Å². The van der Waals surface area contributed by atoms with E-state index >= 15 is 0 Å². The number of rotatable bonds is 8. The molecule has 2 aromatic heterocycles. The normalized spacial score (nSPS) is 11.1. The van der Waals surface area contributed by atoms with E-state index < -0.39 is 33.0 Å². The summed E-state index contributed by atoms with van der Waals surface area (Å²) in [4.78, 5) is 15.8. The first-order chi connectivity index (χ1) is 20.5. The molecule has 0 unspecified atom stereocenters. The van der Waals surface area contributed by atoms with Crippen LogP contribution >= 0.6 is 0 Å². The summed E-state index contributed by atoms with van der Waals surface area (Å²) in [6.45, 7) is 0. The minimum Gasteiger partial charge on any atom is -0.504 e. The van der Waals surface area contributed by atoms with Crippen LogP contribution in [0.3, 0.4) is 0 Å².